The molecule has 1 aromatic rings. The Morgan fingerprint density at radius 1 is 1.16 bits per heavy atom. The summed E-state index contributed by atoms with van der Waals surface area (Å²) in [5, 5.41) is 9.60. The number of hydrogen-bond acceptors (Lipinski definition) is 3. The molecule has 0 spiro atoms. The molecule has 4 nitrogen and oxygen atoms in total. The molecule has 0 N–H and O–H groups in total. The zero-order valence-electron chi connectivity index (χ0n) is 15.0. The predicted molar refractivity (Wildman–Crippen MR) is 96.8 cm³/mol. The van der Waals surface area contributed by atoms with E-state index in [4.69, 9.17) is 4.74 Å². The Hall–Kier alpha value is -1.86. The molecule has 0 aromatic heterocycles. The van der Waals surface area contributed by atoms with Crippen LogP contribution in [0.2, 0.25) is 0 Å². The number of likely N-dealkylation sites (tertiary alicyclic amines) is 1. The minimum Gasteiger partial charge on any atom is -0.378 e. The smallest absolute Gasteiger partial charge is 0.243 e. The van der Waals surface area contributed by atoms with Gasteiger partial charge in [0.05, 0.1) is 18.8 Å². The molecular weight excluding hydrogens is 312 g/mol. The van der Waals surface area contributed by atoms with Crippen molar-refractivity contribution >= 4 is 5.91 Å². The predicted octanol–water partition coefficient (Wildman–Crippen LogP) is 3.71. The first-order valence-corrected chi connectivity index (χ1v) is 9.60. The molecule has 1 saturated heterocycles. The Morgan fingerprint density at radius 3 is 2.48 bits per heavy atom. The fourth-order valence-electron chi connectivity index (χ4n) is 4.05. The number of rotatable bonds is 5. The summed E-state index contributed by atoms with van der Waals surface area (Å²) in [6.45, 7) is 2.17. The van der Waals surface area contributed by atoms with Gasteiger partial charge in [0.1, 0.15) is 5.41 Å². The number of piperidine rings is 1. The van der Waals surface area contributed by atoms with Gasteiger partial charge in [-0.3, -0.25) is 4.79 Å². The van der Waals surface area contributed by atoms with Gasteiger partial charge in [-0.25, -0.2) is 0 Å². The highest BCUT2D eigenvalue weighted by atomic mass is 16.5. The molecule has 25 heavy (non-hydrogen) atoms. The van der Waals surface area contributed by atoms with Gasteiger partial charge in [0.2, 0.25) is 5.91 Å². The Balaban J connectivity index is 1.43. The van der Waals surface area contributed by atoms with Gasteiger partial charge in [-0.15, -0.1) is 0 Å². The number of amides is 1. The van der Waals surface area contributed by atoms with Gasteiger partial charge in [-0.1, -0.05) is 49.6 Å². The van der Waals surface area contributed by atoms with Gasteiger partial charge in [0.15, 0.2) is 0 Å². The lowest BCUT2D eigenvalue weighted by atomic mass is 9.74. The minimum absolute atomic E-state index is 0.0671. The zero-order valence-corrected chi connectivity index (χ0v) is 15.0. The first-order chi connectivity index (χ1) is 12.2. The van der Waals surface area contributed by atoms with Crippen molar-refractivity contribution in [2.45, 2.75) is 57.5 Å². The highest BCUT2D eigenvalue weighted by Gasteiger charge is 2.43. The summed E-state index contributed by atoms with van der Waals surface area (Å²) in [6, 6.07) is 12.7. The normalized spacial score (nSPS) is 20.8. The van der Waals surface area contributed by atoms with E-state index >= 15 is 0 Å². The fourth-order valence-corrected chi connectivity index (χ4v) is 4.05. The SMILES string of the molecule is N#CC1(C(=O)N2CCC(OCCc3ccccc3)CC2)CCCCC1. The molecule has 1 heterocycles. The van der Waals surface area contributed by atoms with Crippen molar-refractivity contribution in [2.24, 2.45) is 5.41 Å². The summed E-state index contributed by atoms with van der Waals surface area (Å²) in [5.41, 5.74) is 0.544. The van der Waals surface area contributed by atoms with Crippen LogP contribution in [-0.4, -0.2) is 36.6 Å². The Morgan fingerprint density at radius 2 is 1.84 bits per heavy atom. The first kappa shape index (κ1) is 17.9. The van der Waals surface area contributed by atoms with Gasteiger partial charge in [0, 0.05) is 13.1 Å². The number of ether oxygens (including phenoxy) is 1. The molecule has 1 aromatic carbocycles. The van der Waals surface area contributed by atoms with E-state index in [1.807, 2.05) is 11.0 Å². The number of carbonyl (C=O) groups excluding carboxylic acids is 1. The van der Waals surface area contributed by atoms with E-state index in [0.29, 0.717) is 0 Å². The Kier molecular flexibility index (Phi) is 6.09. The molecular formula is C21H28N2O2. The van der Waals surface area contributed by atoms with E-state index in [9.17, 15) is 10.1 Å². The second-order valence-corrected chi connectivity index (χ2v) is 7.35. The molecule has 1 aliphatic heterocycles. The van der Waals surface area contributed by atoms with Gasteiger partial charge in [-0.2, -0.15) is 5.26 Å². The average Bonchev–Trinajstić information content (AvgIpc) is 2.69. The molecule has 4 heteroatoms. The highest BCUT2D eigenvalue weighted by Crippen LogP contribution is 2.38. The zero-order chi connectivity index (χ0) is 17.5. The van der Waals surface area contributed by atoms with Crippen molar-refractivity contribution < 1.29 is 9.53 Å². The van der Waals surface area contributed by atoms with Crippen molar-refractivity contribution in [2.75, 3.05) is 19.7 Å². The van der Waals surface area contributed by atoms with Crippen LogP contribution in [-0.2, 0) is 16.0 Å². The maximum Gasteiger partial charge on any atom is 0.243 e. The van der Waals surface area contributed by atoms with Gasteiger partial charge in [-0.05, 0) is 37.7 Å². The van der Waals surface area contributed by atoms with Crippen LogP contribution in [0.3, 0.4) is 0 Å². The van der Waals surface area contributed by atoms with Crippen molar-refractivity contribution in [1.82, 2.24) is 4.90 Å². The second kappa shape index (κ2) is 8.49. The van der Waals surface area contributed by atoms with Crippen molar-refractivity contribution in [3.63, 3.8) is 0 Å². The standard InChI is InChI=1S/C21H28N2O2/c22-17-21(12-5-2-6-13-21)20(24)23-14-9-19(10-15-23)25-16-11-18-7-3-1-4-8-18/h1,3-4,7-8,19H,2,5-6,9-16H2. The monoisotopic (exact) mass is 340 g/mol. The summed E-state index contributed by atoms with van der Waals surface area (Å²) in [4.78, 5) is 14.8. The lowest BCUT2D eigenvalue weighted by Gasteiger charge is -2.38. The van der Waals surface area contributed by atoms with E-state index < -0.39 is 5.41 Å². The molecule has 0 bridgehead atoms. The van der Waals surface area contributed by atoms with Gasteiger partial charge >= 0.3 is 0 Å². The number of hydrogen-bond donors (Lipinski definition) is 0. The van der Waals surface area contributed by atoms with Gasteiger partial charge in [0.25, 0.3) is 0 Å². The summed E-state index contributed by atoms with van der Waals surface area (Å²) >= 11 is 0. The fraction of sp³-hybridized carbons (Fsp3) is 0.619. The van der Waals surface area contributed by atoms with E-state index in [1.54, 1.807) is 0 Å². The number of carbonyl (C=O) groups is 1. The van der Waals surface area contributed by atoms with Crippen LogP contribution in [0.5, 0.6) is 0 Å². The van der Waals surface area contributed by atoms with Crippen LogP contribution >= 0.6 is 0 Å². The molecule has 134 valence electrons. The van der Waals surface area contributed by atoms with E-state index in [0.717, 1.165) is 71.1 Å². The van der Waals surface area contributed by atoms with Crippen LogP contribution < -0.4 is 0 Å². The van der Waals surface area contributed by atoms with E-state index in [-0.39, 0.29) is 12.0 Å². The van der Waals surface area contributed by atoms with E-state index in [2.05, 4.69) is 30.3 Å². The van der Waals surface area contributed by atoms with E-state index in [1.165, 1.54) is 5.56 Å². The molecule has 0 atom stereocenters. The highest BCUT2D eigenvalue weighted by molar-refractivity contribution is 5.85. The molecule has 2 aliphatic rings. The Bertz CT molecular complexity index is 594. The third-order valence-corrected chi connectivity index (χ3v) is 5.65. The molecule has 2 fully saturated rings. The van der Waals surface area contributed by atoms with Crippen LogP contribution in [0.4, 0.5) is 0 Å². The number of nitriles is 1. The lowest BCUT2D eigenvalue weighted by molar-refractivity contribution is -0.143. The van der Waals surface area contributed by atoms with Crippen molar-refractivity contribution in [3.8, 4) is 6.07 Å². The molecule has 0 radical (unpaired) electrons. The second-order valence-electron chi connectivity index (χ2n) is 7.35. The largest absolute Gasteiger partial charge is 0.378 e. The first-order valence-electron chi connectivity index (χ1n) is 9.60. The topological polar surface area (TPSA) is 53.3 Å². The summed E-state index contributed by atoms with van der Waals surface area (Å²) in [6.07, 6.45) is 7.52. The summed E-state index contributed by atoms with van der Waals surface area (Å²) in [7, 11) is 0. The molecule has 1 aliphatic carbocycles. The maximum atomic E-state index is 12.9. The minimum atomic E-state index is -0.751. The van der Waals surface area contributed by atoms with Gasteiger partial charge < -0.3 is 9.64 Å². The van der Waals surface area contributed by atoms with Crippen LogP contribution in [0.1, 0.15) is 50.5 Å². The van der Waals surface area contributed by atoms with Crippen LogP contribution in [0, 0.1) is 16.7 Å². The lowest BCUT2D eigenvalue weighted by Crippen LogP contribution is -2.48. The molecule has 3 rings (SSSR count). The number of nitrogens with zero attached hydrogens (tertiary/aromatic N) is 2. The molecule has 1 amide bonds. The Labute approximate surface area is 150 Å². The third kappa shape index (κ3) is 4.41. The summed E-state index contributed by atoms with van der Waals surface area (Å²) < 4.78 is 6.01. The number of benzene rings is 1. The molecule has 0 unspecified atom stereocenters. The maximum absolute atomic E-state index is 12.9. The van der Waals surface area contributed by atoms with Crippen molar-refractivity contribution in [3.05, 3.63) is 35.9 Å². The quantitative estimate of drug-likeness (QED) is 0.821. The van der Waals surface area contributed by atoms with Crippen molar-refractivity contribution in [1.29, 1.82) is 5.26 Å². The third-order valence-electron chi connectivity index (χ3n) is 5.65. The van der Waals surface area contributed by atoms with Crippen LogP contribution in [0.25, 0.3) is 0 Å². The molecule has 1 saturated carbocycles. The average molecular weight is 340 g/mol. The summed E-state index contributed by atoms with van der Waals surface area (Å²) in [5.74, 6) is 0.0671. The van der Waals surface area contributed by atoms with Crippen LogP contribution in [0.15, 0.2) is 30.3 Å².